The molecule has 0 rings (SSSR count). The van der Waals surface area contributed by atoms with Crippen molar-refractivity contribution in [3.05, 3.63) is 0 Å². The Morgan fingerprint density at radius 2 is 1.92 bits per heavy atom. The summed E-state index contributed by atoms with van der Waals surface area (Å²) < 4.78 is 0. The van der Waals surface area contributed by atoms with E-state index in [1.54, 1.807) is 19.0 Å². The maximum Gasteiger partial charge on any atom is 0.326 e. The van der Waals surface area contributed by atoms with E-state index in [0.29, 0.717) is 5.11 Å². The summed E-state index contributed by atoms with van der Waals surface area (Å²) in [6.45, 7) is 3.67. The largest absolute Gasteiger partial charge is 0.480 e. The lowest BCUT2D eigenvalue weighted by Crippen LogP contribution is -2.47. The van der Waals surface area contributed by atoms with Crippen molar-refractivity contribution in [1.29, 1.82) is 0 Å². The lowest BCUT2D eigenvalue weighted by atomic mass is 10.1. The zero-order valence-corrected chi connectivity index (χ0v) is 9.18. The van der Waals surface area contributed by atoms with Crippen LogP contribution in [0.15, 0.2) is 0 Å². The maximum absolute atomic E-state index is 10.8. The van der Waals surface area contributed by atoms with Gasteiger partial charge in [-0.05, 0) is 18.1 Å². The molecule has 13 heavy (non-hydrogen) atoms. The minimum Gasteiger partial charge on any atom is -0.480 e. The average Bonchev–Trinajstić information content (AvgIpc) is 1.97. The van der Waals surface area contributed by atoms with Gasteiger partial charge in [0.25, 0.3) is 0 Å². The van der Waals surface area contributed by atoms with Crippen molar-refractivity contribution in [2.24, 2.45) is 5.92 Å². The second-order valence-electron chi connectivity index (χ2n) is 3.40. The molecule has 0 aromatic heterocycles. The lowest BCUT2D eigenvalue weighted by molar-refractivity contribution is -0.140. The Hall–Kier alpha value is -0.840. The Bertz CT molecular complexity index is 204. The van der Waals surface area contributed by atoms with Crippen LogP contribution >= 0.6 is 12.2 Å². The summed E-state index contributed by atoms with van der Waals surface area (Å²) in [5, 5.41) is 12.1. The first kappa shape index (κ1) is 12.2. The van der Waals surface area contributed by atoms with Crippen molar-refractivity contribution in [1.82, 2.24) is 10.2 Å². The molecule has 0 heterocycles. The van der Waals surface area contributed by atoms with E-state index < -0.39 is 12.0 Å². The van der Waals surface area contributed by atoms with Crippen LogP contribution in [0.2, 0.25) is 0 Å². The zero-order valence-electron chi connectivity index (χ0n) is 8.37. The van der Waals surface area contributed by atoms with Crippen LogP contribution in [0.25, 0.3) is 0 Å². The van der Waals surface area contributed by atoms with Crippen LogP contribution in [0.4, 0.5) is 0 Å². The number of aliphatic carboxylic acids is 1. The maximum atomic E-state index is 10.8. The number of hydrogen-bond donors (Lipinski definition) is 2. The highest BCUT2D eigenvalue weighted by Gasteiger charge is 2.22. The Labute approximate surface area is 83.9 Å². The molecule has 0 radical (unpaired) electrons. The summed E-state index contributed by atoms with van der Waals surface area (Å²) >= 11 is 4.94. The van der Waals surface area contributed by atoms with E-state index in [1.165, 1.54) is 0 Å². The van der Waals surface area contributed by atoms with E-state index in [0.717, 1.165) is 0 Å². The van der Waals surface area contributed by atoms with Gasteiger partial charge in [0.2, 0.25) is 0 Å². The summed E-state index contributed by atoms with van der Waals surface area (Å²) in [5.74, 6) is -0.866. The van der Waals surface area contributed by atoms with Crippen LogP contribution in [0, 0.1) is 5.92 Å². The van der Waals surface area contributed by atoms with E-state index in [4.69, 9.17) is 17.3 Å². The standard InChI is InChI=1S/C8H16N2O2S/c1-5(2)6(7(11)12)9-8(13)10(3)4/h5-6H,1-4H3,(H,9,13)(H,11,12). The third-order valence-electron chi connectivity index (χ3n) is 1.62. The smallest absolute Gasteiger partial charge is 0.326 e. The number of nitrogens with one attached hydrogen (secondary N) is 1. The van der Waals surface area contributed by atoms with Crippen molar-refractivity contribution in [3.8, 4) is 0 Å². The van der Waals surface area contributed by atoms with Crippen molar-refractivity contribution >= 4 is 23.3 Å². The topological polar surface area (TPSA) is 52.6 Å². The van der Waals surface area contributed by atoms with Crippen LogP contribution in [-0.4, -0.2) is 41.2 Å². The lowest BCUT2D eigenvalue weighted by Gasteiger charge is -2.23. The number of carbonyl (C=O) groups is 1. The first-order chi connectivity index (χ1) is 5.86. The van der Waals surface area contributed by atoms with E-state index in [2.05, 4.69) is 5.32 Å². The molecule has 0 amide bonds. The molecule has 0 bridgehead atoms. The summed E-state index contributed by atoms with van der Waals surface area (Å²) in [6.07, 6.45) is 0. The first-order valence-electron chi connectivity index (χ1n) is 4.07. The van der Waals surface area contributed by atoms with Gasteiger partial charge in [-0.25, -0.2) is 4.79 Å². The van der Waals surface area contributed by atoms with E-state index in [9.17, 15) is 4.79 Å². The minimum atomic E-state index is -0.876. The molecular weight excluding hydrogens is 188 g/mol. The summed E-state index contributed by atoms with van der Waals surface area (Å²) in [6, 6.07) is -0.616. The summed E-state index contributed by atoms with van der Waals surface area (Å²) in [5.41, 5.74) is 0. The van der Waals surface area contributed by atoms with Crippen molar-refractivity contribution < 1.29 is 9.90 Å². The van der Waals surface area contributed by atoms with Crippen molar-refractivity contribution in [2.75, 3.05) is 14.1 Å². The zero-order chi connectivity index (χ0) is 10.6. The minimum absolute atomic E-state index is 0.00963. The third-order valence-corrected chi connectivity index (χ3v) is 2.10. The average molecular weight is 204 g/mol. The Balaban J connectivity index is 4.27. The number of rotatable bonds is 3. The van der Waals surface area contributed by atoms with Crippen LogP contribution < -0.4 is 5.32 Å². The van der Waals surface area contributed by atoms with Crippen LogP contribution in [0.1, 0.15) is 13.8 Å². The monoisotopic (exact) mass is 204 g/mol. The van der Waals surface area contributed by atoms with Gasteiger partial charge in [-0.2, -0.15) is 0 Å². The Kier molecular flexibility index (Phi) is 4.69. The van der Waals surface area contributed by atoms with Gasteiger partial charge in [-0.3, -0.25) is 0 Å². The number of carboxylic acid groups (broad SMARTS) is 1. The predicted octanol–water partition coefficient (Wildman–Crippen LogP) is 0.532. The van der Waals surface area contributed by atoms with E-state index >= 15 is 0 Å². The Morgan fingerprint density at radius 3 is 2.15 bits per heavy atom. The fourth-order valence-electron chi connectivity index (χ4n) is 0.776. The molecule has 1 atom stereocenters. The number of thiocarbonyl (C=S) groups is 1. The second-order valence-corrected chi connectivity index (χ2v) is 3.79. The van der Waals surface area contributed by atoms with Gasteiger partial charge < -0.3 is 15.3 Å². The molecule has 0 fully saturated rings. The molecule has 76 valence electrons. The van der Waals surface area contributed by atoms with Crippen LogP contribution in [0.5, 0.6) is 0 Å². The highest BCUT2D eigenvalue weighted by atomic mass is 32.1. The molecule has 2 N–H and O–H groups in total. The number of hydrogen-bond acceptors (Lipinski definition) is 2. The molecule has 0 aromatic rings. The molecule has 1 unspecified atom stereocenters. The SMILES string of the molecule is CC(C)C(NC(=S)N(C)C)C(=O)O. The summed E-state index contributed by atoms with van der Waals surface area (Å²) in [4.78, 5) is 12.4. The molecule has 0 saturated carbocycles. The molecule has 0 aliphatic carbocycles. The Morgan fingerprint density at radius 1 is 1.46 bits per heavy atom. The van der Waals surface area contributed by atoms with Gasteiger partial charge >= 0.3 is 5.97 Å². The third kappa shape index (κ3) is 4.07. The normalized spacial score (nSPS) is 12.4. The van der Waals surface area contributed by atoms with Gasteiger partial charge in [-0.1, -0.05) is 13.8 Å². The fraction of sp³-hybridized carbons (Fsp3) is 0.750. The van der Waals surface area contributed by atoms with Crippen LogP contribution in [-0.2, 0) is 4.79 Å². The van der Waals surface area contributed by atoms with Gasteiger partial charge in [0, 0.05) is 14.1 Å². The van der Waals surface area contributed by atoms with Gasteiger partial charge in [0.15, 0.2) is 5.11 Å². The van der Waals surface area contributed by atoms with Crippen LogP contribution in [0.3, 0.4) is 0 Å². The van der Waals surface area contributed by atoms with Gasteiger partial charge in [0.1, 0.15) is 6.04 Å². The molecule has 0 aromatic carbocycles. The predicted molar refractivity (Wildman–Crippen MR) is 55.7 cm³/mol. The molecule has 0 saturated heterocycles. The molecule has 4 nitrogen and oxygen atoms in total. The van der Waals surface area contributed by atoms with Crippen molar-refractivity contribution in [2.45, 2.75) is 19.9 Å². The van der Waals surface area contributed by atoms with Gasteiger partial charge in [-0.15, -0.1) is 0 Å². The fourth-order valence-corrected chi connectivity index (χ4v) is 0.903. The molecule has 0 spiro atoms. The molecular formula is C8H16N2O2S. The first-order valence-corrected chi connectivity index (χ1v) is 4.47. The second kappa shape index (κ2) is 5.01. The van der Waals surface area contributed by atoms with E-state index in [-0.39, 0.29) is 5.92 Å². The van der Waals surface area contributed by atoms with Gasteiger partial charge in [0.05, 0.1) is 0 Å². The number of carboxylic acids is 1. The van der Waals surface area contributed by atoms with Crippen molar-refractivity contribution in [3.63, 3.8) is 0 Å². The molecule has 0 aliphatic rings. The molecule has 0 aliphatic heterocycles. The quantitative estimate of drug-likeness (QED) is 0.657. The number of nitrogens with zero attached hydrogens (tertiary/aromatic N) is 1. The van der Waals surface area contributed by atoms with E-state index in [1.807, 2.05) is 13.8 Å². The highest BCUT2D eigenvalue weighted by Crippen LogP contribution is 2.01. The highest BCUT2D eigenvalue weighted by molar-refractivity contribution is 7.80. The summed E-state index contributed by atoms with van der Waals surface area (Å²) in [7, 11) is 3.54. The molecule has 5 heteroatoms.